The number of thioether (sulfide) groups is 1. The van der Waals surface area contributed by atoms with Gasteiger partial charge in [-0.1, -0.05) is 53.8 Å². The number of carbonyl (C=O) groups excluding carboxylic acids is 2. The number of amides is 2. The summed E-state index contributed by atoms with van der Waals surface area (Å²) in [7, 11) is 0. The van der Waals surface area contributed by atoms with Gasteiger partial charge in [0.1, 0.15) is 4.32 Å². The van der Waals surface area contributed by atoms with Crippen LogP contribution in [0, 0.1) is 0 Å². The molecule has 1 heterocycles. The van der Waals surface area contributed by atoms with Crippen LogP contribution in [0.15, 0.2) is 29.2 Å². The van der Waals surface area contributed by atoms with Gasteiger partial charge in [-0.3, -0.25) is 14.5 Å². The van der Waals surface area contributed by atoms with Gasteiger partial charge in [0, 0.05) is 23.5 Å². The molecule has 0 bridgehead atoms. The van der Waals surface area contributed by atoms with Gasteiger partial charge >= 0.3 is 0 Å². The quantitative estimate of drug-likeness (QED) is 0.634. The van der Waals surface area contributed by atoms with Crippen LogP contribution in [-0.2, 0) is 9.59 Å². The third-order valence-electron chi connectivity index (χ3n) is 3.14. The van der Waals surface area contributed by atoms with Crippen LogP contribution in [0.5, 0.6) is 0 Å². The summed E-state index contributed by atoms with van der Waals surface area (Å²) in [5, 5.41) is 3.45. The molecule has 2 rings (SSSR count). The van der Waals surface area contributed by atoms with Crippen molar-refractivity contribution in [3.63, 3.8) is 0 Å². The van der Waals surface area contributed by atoms with E-state index in [9.17, 15) is 9.59 Å². The van der Waals surface area contributed by atoms with E-state index in [1.807, 2.05) is 39.0 Å². The van der Waals surface area contributed by atoms with E-state index in [4.69, 9.17) is 23.8 Å². The second-order valence-electron chi connectivity index (χ2n) is 6.40. The van der Waals surface area contributed by atoms with Gasteiger partial charge in [-0.05, 0) is 38.5 Å². The normalized spacial score (nSPS) is 16.8. The van der Waals surface area contributed by atoms with Crippen molar-refractivity contribution in [1.82, 2.24) is 10.2 Å². The fraction of sp³-hybridized carbons (Fsp3) is 0.353. The second-order valence-corrected chi connectivity index (χ2v) is 8.49. The summed E-state index contributed by atoms with van der Waals surface area (Å²) in [6, 6.07) is 7.30. The van der Waals surface area contributed by atoms with Crippen molar-refractivity contribution in [2.24, 2.45) is 0 Å². The largest absolute Gasteiger partial charge is 0.351 e. The molecule has 0 saturated carbocycles. The number of thiocarbonyl (C=S) groups is 1. The Morgan fingerprint density at radius 2 is 2.04 bits per heavy atom. The fourth-order valence-corrected chi connectivity index (χ4v) is 3.61. The lowest BCUT2D eigenvalue weighted by molar-refractivity contribution is -0.124. The first kappa shape index (κ1) is 19.0. The zero-order chi connectivity index (χ0) is 17.9. The number of carbonyl (C=O) groups is 2. The molecule has 0 spiro atoms. The Balaban J connectivity index is 2.04. The van der Waals surface area contributed by atoms with Gasteiger partial charge < -0.3 is 5.32 Å². The van der Waals surface area contributed by atoms with E-state index in [-0.39, 0.29) is 30.3 Å². The van der Waals surface area contributed by atoms with E-state index < -0.39 is 0 Å². The lowest BCUT2D eigenvalue weighted by Crippen LogP contribution is -2.42. The molecule has 1 saturated heterocycles. The number of hydrogen-bond acceptors (Lipinski definition) is 4. The number of nitrogens with zero attached hydrogens (tertiary/aromatic N) is 1. The molecular formula is C17H19ClN2O2S2. The monoisotopic (exact) mass is 382 g/mol. The standard InChI is InChI=1S/C17H19ClN2O2S2/c1-17(2,3)19-14(21)8-9-20-15(22)13(24-16(20)23)10-11-6-4-5-7-12(11)18/h4-7,10H,8-9H2,1-3H3,(H,19,21). The van der Waals surface area contributed by atoms with Crippen molar-refractivity contribution in [2.75, 3.05) is 6.54 Å². The van der Waals surface area contributed by atoms with Crippen LogP contribution in [0.2, 0.25) is 5.02 Å². The smallest absolute Gasteiger partial charge is 0.266 e. The Morgan fingerprint density at radius 1 is 1.38 bits per heavy atom. The van der Waals surface area contributed by atoms with Crippen LogP contribution >= 0.6 is 35.6 Å². The topological polar surface area (TPSA) is 49.4 Å². The highest BCUT2D eigenvalue weighted by Crippen LogP contribution is 2.33. The first-order chi connectivity index (χ1) is 11.2. The minimum Gasteiger partial charge on any atom is -0.351 e. The molecule has 0 atom stereocenters. The summed E-state index contributed by atoms with van der Waals surface area (Å²) in [6.45, 7) is 6.01. The molecule has 1 fully saturated rings. The van der Waals surface area contributed by atoms with Crippen molar-refractivity contribution in [3.8, 4) is 0 Å². The molecule has 24 heavy (non-hydrogen) atoms. The van der Waals surface area contributed by atoms with Crippen molar-refractivity contribution in [1.29, 1.82) is 0 Å². The Kier molecular flexibility index (Phi) is 6.06. The highest BCUT2D eigenvalue weighted by Gasteiger charge is 2.32. The van der Waals surface area contributed by atoms with Gasteiger partial charge in [-0.25, -0.2) is 0 Å². The average Bonchev–Trinajstić information content (AvgIpc) is 2.72. The van der Waals surface area contributed by atoms with Crippen molar-refractivity contribution in [2.45, 2.75) is 32.7 Å². The van der Waals surface area contributed by atoms with E-state index in [0.717, 1.165) is 5.56 Å². The predicted octanol–water partition coefficient (Wildman–Crippen LogP) is 3.85. The Morgan fingerprint density at radius 3 is 2.67 bits per heavy atom. The van der Waals surface area contributed by atoms with Crippen molar-refractivity contribution < 1.29 is 9.59 Å². The van der Waals surface area contributed by atoms with Gasteiger partial charge in [0.2, 0.25) is 5.91 Å². The average molecular weight is 383 g/mol. The maximum absolute atomic E-state index is 12.5. The maximum atomic E-state index is 12.5. The lowest BCUT2D eigenvalue weighted by atomic mass is 10.1. The van der Waals surface area contributed by atoms with E-state index >= 15 is 0 Å². The molecule has 0 radical (unpaired) electrons. The first-order valence-corrected chi connectivity index (χ1v) is 9.08. The SMILES string of the molecule is CC(C)(C)NC(=O)CCN1C(=O)C(=Cc2ccccc2Cl)SC1=S. The van der Waals surface area contributed by atoms with Crippen LogP contribution in [0.25, 0.3) is 6.08 Å². The van der Waals surface area contributed by atoms with E-state index in [0.29, 0.717) is 14.2 Å². The highest BCUT2D eigenvalue weighted by atomic mass is 35.5. The predicted molar refractivity (Wildman–Crippen MR) is 104 cm³/mol. The number of hydrogen-bond donors (Lipinski definition) is 1. The fourth-order valence-electron chi connectivity index (χ4n) is 2.12. The second kappa shape index (κ2) is 7.68. The van der Waals surface area contributed by atoms with Crippen molar-refractivity contribution in [3.05, 3.63) is 39.8 Å². The molecule has 1 N–H and O–H groups in total. The highest BCUT2D eigenvalue weighted by molar-refractivity contribution is 8.26. The Labute approximate surface area is 156 Å². The third kappa shape index (κ3) is 5.06. The molecule has 1 aliphatic rings. The zero-order valence-electron chi connectivity index (χ0n) is 13.8. The Hall–Kier alpha value is -1.37. The molecule has 1 aromatic carbocycles. The number of benzene rings is 1. The minimum atomic E-state index is -0.295. The summed E-state index contributed by atoms with van der Waals surface area (Å²) in [6.07, 6.45) is 1.94. The molecule has 7 heteroatoms. The van der Waals surface area contributed by atoms with Crippen LogP contribution in [0.1, 0.15) is 32.8 Å². The zero-order valence-corrected chi connectivity index (χ0v) is 16.1. The maximum Gasteiger partial charge on any atom is 0.266 e. The van der Waals surface area contributed by atoms with E-state index in [1.165, 1.54) is 16.7 Å². The summed E-state index contributed by atoms with van der Waals surface area (Å²) >= 11 is 12.6. The van der Waals surface area contributed by atoms with E-state index in [2.05, 4.69) is 5.32 Å². The van der Waals surface area contributed by atoms with Crippen LogP contribution in [0.3, 0.4) is 0 Å². The number of halogens is 1. The Bertz CT molecular complexity index is 711. The van der Waals surface area contributed by atoms with Crippen LogP contribution in [0.4, 0.5) is 0 Å². The molecular weight excluding hydrogens is 364 g/mol. The van der Waals surface area contributed by atoms with Gasteiger partial charge in [0.05, 0.1) is 4.91 Å². The molecule has 2 amide bonds. The summed E-state index contributed by atoms with van der Waals surface area (Å²) in [5.74, 6) is -0.292. The lowest BCUT2D eigenvalue weighted by Gasteiger charge is -2.21. The number of nitrogens with one attached hydrogen (secondary N) is 1. The summed E-state index contributed by atoms with van der Waals surface area (Å²) in [4.78, 5) is 26.4. The summed E-state index contributed by atoms with van der Waals surface area (Å²) in [5.41, 5.74) is 0.473. The molecule has 4 nitrogen and oxygen atoms in total. The van der Waals surface area contributed by atoms with E-state index in [1.54, 1.807) is 12.1 Å². The van der Waals surface area contributed by atoms with Gasteiger partial charge in [-0.2, -0.15) is 0 Å². The van der Waals surface area contributed by atoms with Gasteiger partial charge in [0.15, 0.2) is 0 Å². The molecule has 1 aliphatic heterocycles. The number of rotatable bonds is 4. The van der Waals surface area contributed by atoms with Gasteiger partial charge in [-0.15, -0.1) is 0 Å². The molecule has 0 aromatic heterocycles. The molecule has 1 aromatic rings. The van der Waals surface area contributed by atoms with Gasteiger partial charge in [0.25, 0.3) is 5.91 Å². The van der Waals surface area contributed by atoms with Crippen LogP contribution < -0.4 is 5.32 Å². The first-order valence-electron chi connectivity index (χ1n) is 7.48. The van der Waals surface area contributed by atoms with Crippen molar-refractivity contribution >= 4 is 57.8 Å². The summed E-state index contributed by atoms with van der Waals surface area (Å²) < 4.78 is 0.460. The molecule has 0 unspecified atom stereocenters. The molecule has 128 valence electrons. The molecule has 0 aliphatic carbocycles. The van der Waals surface area contributed by atoms with Crippen LogP contribution in [-0.4, -0.2) is 33.1 Å². The minimum absolute atomic E-state index is 0.105. The third-order valence-corrected chi connectivity index (χ3v) is 4.86.